The third kappa shape index (κ3) is 4.06. The van der Waals surface area contributed by atoms with Crippen molar-refractivity contribution >= 4 is 34.5 Å². The summed E-state index contributed by atoms with van der Waals surface area (Å²) < 4.78 is 5.04. The van der Waals surface area contributed by atoms with Crippen LogP contribution in [0, 0.1) is 0 Å². The van der Waals surface area contributed by atoms with Gasteiger partial charge in [0, 0.05) is 26.2 Å². The molecule has 5 nitrogen and oxygen atoms in total. The van der Waals surface area contributed by atoms with E-state index in [-0.39, 0.29) is 11.9 Å². The van der Waals surface area contributed by atoms with E-state index in [1.54, 1.807) is 13.3 Å². The molecule has 1 fully saturated rings. The highest BCUT2D eigenvalue weighted by Crippen LogP contribution is 2.28. The Hall–Kier alpha value is -1.63. The highest BCUT2D eigenvalue weighted by Gasteiger charge is 2.23. The highest BCUT2D eigenvalue weighted by molar-refractivity contribution is 7.13. The normalized spacial score (nSPS) is 17.8. The Morgan fingerprint density at radius 2 is 2.33 bits per heavy atom. The van der Waals surface area contributed by atoms with E-state index in [1.165, 1.54) is 11.3 Å². The van der Waals surface area contributed by atoms with Crippen LogP contribution in [0.1, 0.15) is 27.5 Å². The van der Waals surface area contributed by atoms with Gasteiger partial charge in [0.15, 0.2) is 0 Å². The molecule has 1 amide bonds. The quantitative estimate of drug-likeness (QED) is 0.882. The van der Waals surface area contributed by atoms with Gasteiger partial charge in [0.2, 0.25) is 0 Å². The van der Waals surface area contributed by atoms with Crippen LogP contribution >= 0.6 is 22.9 Å². The molecule has 0 radical (unpaired) electrons. The van der Waals surface area contributed by atoms with Gasteiger partial charge >= 0.3 is 0 Å². The van der Waals surface area contributed by atoms with E-state index in [0.29, 0.717) is 11.5 Å². The molecule has 1 unspecified atom stereocenters. The number of carbonyl (C=O) groups excluding carboxylic acids is 1. The Morgan fingerprint density at radius 3 is 3.12 bits per heavy atom. The number of piperidine rings is 1. The Bertz CT molecular complexity index is 707. The van der Waals surface area contributed by atoms with Gasteiger partial charge in [-0.2, -0.15) is 0 Å². The minimum absolute atomic E-state index is 0.0686. The number of anilines is 1. The third-order valence-corrected chi connectivity index (χ3v) is 5.28. The van der Waals surface area contributed by atoms with Crippen molar-refractivity contribution in [2.75, 3.05) is 25.1 Å². The number of thiazole rings is 1. The van der Waals surface area contributed by atoms with Crippen LogP contribution in [0.25, 0.3) is 0 Å². The maximum absolute atomic E-state index is 12.4. The van der Waals surface area contributed by atoms with Crippen LogP contribution in [0.3, 0.4) is 0 Å². The first-order chi connectivity index (χ1) is 11.7. The maximum atomic E-state index is 12.4. The van der Waals surface area contributed by atoms with Crippen molar-refractivity contribution in [2.24, 2.45) is 0 Å². The zero-order valence-electron chi connectivity index (χ0n) is 13.5. The van der Waals surface area contributed by atoms with Crippen molar-refractivity contribution in [3.05, 3.63) is 45.4 Å². The zero-order chi connectivity index (χ0) is 16.9. The lowest BCUT2D eigenvalue weighted by molar-refractivity contribution is 0.0937. The molecule has 1 N–H and O–H groups in total. The van der Waals surface area contributed by atoms with E-state index in [0.717, 1.165) is 41.6 Å². The van der Waals surface area contributed by atoms with E-state index in [9.17, 15) is 4.79 Å². The van der Waals surface area contributed by atoms with Crippen LogP contribution in [-0.2, 0) is 11.3 Å². The van der Waals surface area contributed by atoms with Crippen molar-refractivity contribution in [2.45, 2.75) is 25.5 Å². The molecule has 24 heavy (non-hydrogen) atoms. The molecular formula is C17H20ClN3O2S. The molecule has 3 rings (SSSR count). The fourth-order valence-electron chi connectivity index (χ4n) is 2.88. The molecule has 1 atom stereocenters. The number of methoxy groups -OCH3 is 1. The van der Waals surface area contributed by atoms with Crippen molar-refractivity contribution in [1.29, 1.82) is 0 Å². The van der Waals surface area contributed by atoms with E-state index in [1.807, 2.05) is 24.3 Å². The summed E-state index contributed by atoms with van der Waals surface area (Å²) in [7, 11) is 1.62. The van der Waals surface area contributed by atoms with Gasteiger partial charge in [-0.1, -0.05) is 23.7 Å². The summed E-state index contributed by atoms with van der Waals surface area (Å²) in [5.74, 6) is -0.0686. The molecule has 1 aliphatic rings. The average molecular weight is 366 g/mol. The summed E-state index contributed by atoms with van der Waals surface area (Å²) >= 11 is 7.66. The van der Waals surface area contributed by atoms with Gasteiger partial charge in [0.25, 0.3) is 5.91 Å². The third-order valence-electron chi connectivity index (χ3n) is 3.99. The lowest BCUT2D eigenvalue weighted by atomic mass is 10.0. The van der Waals surface area contributed by atoms with Crippen LogP contribution in [0.2, 0.25) is 5.02 Å². The smallest absolute Gasteiger partial charge is 0.263 e. The first-order valence-electron chi connectivity index (χ1n) is 7.91. The Labute approximate surface area is 150 Å². The van der Waals surface area contributed by atoms with E-state index in [2.05, 4.69) is 15.2 Å². The van der Waals surface area contributed by atoms with Crippen molar-refractivity contribution in [3.63, 3.8) is 0 Å². The van der Waals surface area contributed by atoms with Crippen LogP contribution in [-0.4, -0.2) is 37.1 Å². The number of carbonyl (C=O) groups is 1. The minimum atomic E-state index is -0.0686. The van der Waals surface area contributed by atoms with Gasteiger partial charge in [0.05, 0.1) is 23.5 Å². The number of amides is 1. The number of halogens is 1. The molecule has 0 bridgehead atoms. The van der Waals surface area contributed by atoms with E-state index >= 15 is 0 Å². The fourth-order valence-corrected chi connectivity index (χ4v) is 3.93. The SMILES string of the molecule is COCc1ncc(C(=O)NC2CCCN(c3ccccc3Cl)C2)s1. The number of aromatic nitrogens is 1. The topological polar surface area (TPSA) is 54.5 Å². The highest BCUT2D eigenvalue weighted by atomic mass is 35.5. The zero-order valence-corrected chi connectivity index (χ0v) is 15.1. The largest absolute Gasteiger partial charge is 0.378 e. The second kappa shape index (κ2) is 7.96. The Balaban J connectivity index is 1.62. The predicted molar refractivity (Wildman–Crippen MR) is 97.0 cm³/mol. The summed E-state index contributed by atoms with van der Waals surface area (Å²) in [6.45, 7) is 2.15. The van der Waals surface area contributed by atoms with Crippen LogP contribution < -0.4 is 10.2 Å². The fraction of sp³-hybridized carbons (Fsp3) is 0.412. The van der Waals surface area contributed by atoms with Crippen LogP contribution in [0.4, 0.5) is 5.69 Å². The summed E-state index contributed by atoms with van der Waals surface area (Å²) in [6.07, 6.45) is 3.60. The summed E-state index contributed by atoms with van der Waals surface area (Å²) in [5, 5.41) is 4.67. The monoisotopic (exact) mass is 365 g/mol. The molecule has 0 aliphatic carbocycles. The molecule has 1 aromatic carbocycles. The van der Waals surface area contributed by atoms with Gasteiger partial charge < -0.3 is 15.0 Å². The van der Waals surface area contributed by atoms with E-state index in [4.69, 9.17) is 16.3 Å². The number of ether oxygens (including phenoxy) is 1. The second-order valence-corrected chi connectivity index (χ2v) is 7.28. The van der Waals surface area contributed by atoms with Gasteiger partial charge in [-0.05, 0) is 25.0 Å². The first-order valence-corrected chi connectivity index (χ1v) is 9.11. The molecule has 2 heterocycles. The van der Waals surface area contributed by atoms with Crippen LogP contribution in [0.15, 0.2) is 30.5 Å². The molecule has 128 valence electrons. The summed E-state index contributed by atoms with van der Waals surface area (Å²) in [5.41, 5.74) is 1.03. The molecule has 0 saturated carbocycles. The molecule has 7 heteroatoms. The molecule has 1 aromatic heterocycles. The van der Waals surface area contributed by atoms with Crippen molar-refractivity contribution < 1.29 is 9.53 Å². The summed E-state index contributed by atoms with van der Waals surface area (Å²) in [4.78, 5) is 19.5. The van der Waals surface area contributed by atoms with Gasteiger partial charge in [0.1, 0.15) is 9.88 Å². The standard InChI is InChI=1S/C17H20ClN3O2S/c1-23-11-16-19-9-15(24-16)17(22)20-12-5-4-8-21(10-12)14-7-3-2-6-13(14)18/h2-3,6-7,9,12H,4-5,8,10-11H2,1H3,(H,20,22). The van der Waals surface area contributed by atoms with E-state index < -0.39 is 0 Å². The maximum Gasteiger partial charge on any atom is 0.263 e. The minimum Gasteiger partial charge on any atom is -0.378 e. The number of hydrogen-bond acceptors (Lipinski definition) is 5. The van der Waals surface area contributed by atoms with Gasteiger partial charge in [-0.3, -0.25) is 4.79 Å². The number of nitrogens with one attached hydrogen (secondary N) is 1. The lowest BCUT2D eigenvalue weighted by Crippen LogP contribution is -2.47. The van der Waals surface area contributed by atoms with Crippen LogP contribution in [0.5, 0.6) is 0 Å². The summed E-state index contributed by atoms with van der Waals surface area (Å²) in [6, 6.07) is 7.94. The number of para-hydroxylation sites is 1. The Kier molecular flexibility index (Phi) is 5.71. The first kappa shape index (κ1) is 17.2. The molecule has 1 saturated heterocycles. The number of benzene rings is 1. The van der Waals surface area contributed by atoms with Gasteiger partial charge in [-0.25, -0.2) is 4.98 Å². The molecule has 0 spiro atoms. The van der Waals surface area contributed by atoms with Crippen molar-refractivity contribution in [1.82, 2.24) is 10.3 Å². The number of nitrogens with zero attached hydrogens (tertiary/aromatic N) is 2. The number of hydrogen-bond donors (Lipinski definition) is 1. The van der Waals surface area contributed by atoms with Crippen molar-refractivity contribution in [3.8, 4) is 0 Å². The molecular weight excluding hydrogens is 346 g/mol. The van der Waals surface area contributed by atoms with Gasteiger partial charge in [-0.15, -0.1) is 11.3 Å². The second-order valence-electron chi connectivity index (χ2n) is 5.76. The predicted octanol–water partition coefficient (Wildman–Crippen LogP) is 3.34. The molecule has 1 aliphatic heterocycles. The lowest BCUT2D eigenvalue weighted by Gasteiger charge is -2.35. The Morgan fingerprint density at radius 1 is 1.50 bits per heavy atom. The average Bonchev–Trinajstić information content (AvgIpc) is 3.05. The number of rotatable bonds is 5. The molecule has 2 aromatic rings.